The first kappa shape index (κ1) is 27.7. The number of aromatic nitrogens is 1. The minimum atomic E-state index is -0.704. The zero-order valence-corrected chi connectivity index (χ0v) is 20.2. The van der Waals surface area contributed by atoms with Gasteiger partial charge in [-0.15, -0.1) is 0 Å². The number of para-hydroxylation sites is 1. The number of hydrogen-bond acceptors (Lipinski definition) is 7. The van der Waals surface area contributed by atoms with Crippen molar-refractivity contribution in [2.75, 3.05) is 13.7 Å². The number of nitrogens with one attached hydrogen (secondary N) is 1. The van der Waals surface area contributed by atoms with Crippen LogP contribution < -0.4 is 14.8 Å². The fourth-order valence-corrected chi connectivity index (χ4v) is 2.68. The average molecular weight is 461 g/mol. The van der Waals surface area contributed by atoms with Gasteiger partial charge in [0, 0.05) is 18.7 Å². The zero-order valence-electron chi connectivity index (χ0n) is 20.2. The Kier molecular flexibility index (Phi) is 13.0. The van der Waals surface area contributed by atoms with Gasteiger partial charge < -0.3 is 24.6 Å². The number of hydrogen-bond donors (Lipinski definition) is 2. The van der Waals surface area contributed by atoms with Gasteiger partial charge in [0.25, 0.3) is 5.91 Å². The first-order valence-corrected chi connectivity index (χ1v) is 11.3. The monoisotopic (exact) mass is 460 g/mol. The van der Waals surface area contributed by atoms with E-state index < -0.39 is 23.7 Å². The highest BCUT2D eigenvalue weighted by Gasteiger charge is 2.20. The lowest BCUT2D eigenvalue weighted by Gasteiger charge is -2.21. The quantitative estimate of drug-likeness (QED) is 0.475. The van der Waals surface area contributed by atoms with Gasteiger partial charge in [0.15, 0.2) is 17.2 Å². The van der Waals surface area contributed by atoms with Gasteiger partial charge >= 0.3 is 5.97 Å². The SMILES string of the molecule is CCC(CC(C)OC(=O)CNC(=O)c1nccc(OC)c1O)Oc1ccccc1.CCCC. The molecule has 2 rings (SSSR count). The van der Waals surface area contributed by atoms with Crippen molar-refractivity contribution in [2.45, 2.75) is 65.6 Å². The van der Waals surface area contributed by atoms with Crippen molar-refractivity contribution in [3.8, 4) is 17.2 Å². The van der Waals surface area contributed by atoms with E-state index in [1.165, 1.54) is 32.2 Å². The fourth-order valence-electron chi connectivity index (χ4n) is 2.68. The normalized spacial score (nSPS) is 11.9. The molecule has 182 valence electrons. The first-order chi connectivity index (χ1) is 15.9. The maximum Gasteiger partial charge on any atom is 0.325 e. The minimum absolute atomic E-state index is 0.104. The molecule has 0 spiro atoms. The number of amides is 1. The predicted molar refractivity (Wildman–Crippen MR) is 127 cm³/mol. The molecule has 1 aromatic heterocycles. The van der Waals surface area contributed by atoms with Gasteiger partial charge in [-0.2, -0.15) is 0 Å². The zero-order chi connectivity index (χ0) is 24.6. The van der Waals surface area contributed by atoms with E-state index in [0.29, 0.717) is 6.42 Å². The van der Waals surface area contributed by atoms with Gasteiger partial charge in [-0.25, -0.2) is 4.98 Å². The van der Waals surface area contributed by atoms with Crippen molar-refractivity contribution >= 4 is 11.9 Å². The van der Waals surface area contributed by atoms with Gasteiger partial charge in [-0.1, -0.05) is 51.8 Å². The topological polar surface area (TPSA) is 107 Å². The van der Waals surface area contributed by atoms with Crippen LogP contribution >= 0.6 is 0 Å². The molecule has 8 heteroatoms. The number of aromatic hydroxyl groups is 1. The molecule has 0 fully saturated rings. The third-order valence-corrected chi connectivity index (χ3v) is 4.64. The van der Waals surface area contributed by atoms with Crippen molar-refractivity contribution in [2.24, 2.45) is 0 Å². The summed E-state index contributed by atoms with van der Waals surface area (Å²) < 4.78 is 16.2. The summed E-state index contributed by atoms with van der Waals surface area (Å²) in [7, 11) is 1.36. The third-order valence-electron chi connectivity index (χ3n) is 4.64. The van der Waals surface area contributed by atoms with Crippen molar-refractivity contribution in [3.63, 3.8) is 0 Å². The highest BCUT2D eigenvalue weighted by atomic mass is 16.5. The maximum atomic E-state index is 12.1. The molecule has 0 saturated carbocycles. The lowest BCUT2D eigenvalue weighted by atomic mass is 10.1. The predicted octanol–water partition coefficient (Wildman–Crippen LogP) is 4.51. The molecular weight excluding hydrogens is 424 g/mol. The van der Waals surface area contributed by atoms with Crippen LogP contribution in [-0.2, 0) is 9.53 Å². The summed E-state index contributed by atoms with van der Waals surface area (Å²) in [5.74, 6) is -0.813. The molecule has 0 bridgehead atoms. The van der Waals surface area contributed by atoms with Crippen LogP contribution in [0.5, 0.6) is 17.2 Å². The van der Waals surface area contributed by atoms with Crippen LogP contribution in [0, 0.1) is 0 Å². The van der Waals surface area contributed by atoms with Crippen molar-refractivity contribution in [3.05, 3.63) is 48.3 Å². The molecule has 2 N–H and O–H groups in total. The number of carbonyl (C=O) groups is 2. The molecule has 2 unspecified atom stereocenters. The first-order valence-electron chi connectivity index (χ1n) is 11.3. The highest BCUT2D eigenvalue weighted by molar-refractivity contribution is 5.97. The molecule has 33 heavy (non-hydrogen) atoms. The number of methoxy groups -OCH3 is 1. The van der Waals surface area contributed by atoms with E-state index in [0.717, 1.165) is 12.2 Å². The number of rotatable bonds is 11. The molecule has 1 amide bonds. The van der Waals surface area contributed by atoms with Gasteiger partial charge in [0.1, 0.15) is 24.5 Å². The molecule has 0 aliphatic rings. The molecule has 2 aromatic rings. The second-order valence-corrected chi connectivity index (χ2v) is 7.39. The van der Waals surface area contributed by atoms with Crippen LogP contribution in [0.2, 0.25) is 0 Å². The number of esters is 1. The van der Waals surface area contributed by atoms with E-state index in [1.807, 2.05) is 37.3 Å². The van der Waals surface area contributed by atoms with Crippen LogP contribution in [0.25, 0.3) is 0 Å². The van der Waals surface area contributed by atoms with Crippen molar-refractivity contribution in [1.29, 1.82) is 0 Å². The lowest BCUT2D eigenvalue weighted by molar-refractivity contribution is -0.148. The summed E-state index contributed by atoms with van der Waals surface area (Å²) in [5.41, 5.74) is -0.229. The number of ether oxygens (including phenoxy) is 3. The minimum Gasteiger partial charge on any atom is -0.503 e. The van der Waals surface area contributed by atoms with E-state index in [1.54, 1.807) is 6.92 Å². The Balaban J connectivity index is 0.00000125. The molecule has 0 aliphatic heterocycles. The Morgan fingerprint density at radius 2 is 1.76 bits per heavy atom. The molecule has 2 atom stereocenters. The lowest BCUT2D eigenvalue weighted by Crippen LogP contribution is -2.33. The van der Waals surface area contributed by atoms with E-state index in [-0.39, 0.29) is 24.1 Å². The molecule has 0 saturated heterocycles. The molecule has 8 nitrogen and oxygen atoms in total. The largest absolute Gasteiger partial charge is 0.503 e. The molecular formula is C25H36N2O6. The van der Waals surface area contributed by atoms with Crippen LogP contribution in [0.4, 0.5) is 0 Å². The molecule has 0 radical (unpaired) electrons. The fraction of sp³-hybridized carbons (Fsp3) is 0.480. The van der Waals surface area contributed by atoms with Gasteiger partial charge in [0.2, 0.25) is 0 Å². The molecule has 1 heterocycles. The van der Waals surface area contributed by atoms with E-state index in [9.17, 15) is 14.7 Å². The average Bonchev–Trinajstić information content (AvgIpc) is 2.83. The Bertz CT molecular complexity index is 842. The number of benzene rings is 1. The number of carbonyl (C=O) groups excluding carboxylic acids is 2. The van der Waals surface area contributed by atoms with Gasteiger partial charge in [0.05, 0.1) is 7.11 Å². The second-order valence-electron chi connectivity index (χ2n) is 7.39. The smallest absolute Gasteiger partial charge is 0.325 e. The van der Waals surface area contributed by atoms with Gasteiger partial charge in [-0.3, -0.25) is 9.59 Å². The molecule has 1 aromatic carbocycles. The number of nitrogens with zero attached hydrogens (tertiary/aromatic N) is 1. The van der Waals surface area contributed by atoms with E-state index in [4.69, 9.17) is 14.2 Å². The highest BCUT2D eigenvalue weighted by Crippen LogP contribution is 2.27. The van der Waals surface area contributed by atoms with Crippen LogP contribution in [0.3, 0.4) is 0 Å². The van der Waals surface area contributed by atoms with Gasteiger partial charge in [-0.05, 0) is 25.5 Å². The van der Waals surface area contributed by atoms with Crippen molar-refractivity contribution in [1.82, 2.24) is 10.3 Å². The Hall–Kier alpha value is -3.29. The van der Waals surface area contributed by atoms with E-state index in [2.05, 4.69) is 24.1 Å². The van der Waals surface area contributed by atoms with Crippen LogP contribution in [-0.4, -0.2) is 47.8 Å². The summed E-state index contributed by atoms with van der Waals surface area (Å²) in [4.78, 5) is 28.0. The standard InChI is InChI=1S/C21H26N2O6.C4H10/c1-4-15(29-16-8-6-5-7-9-16)12-14(2)28-18(24)13-23-21(26)19-20(25)17(27-3)10-11-22-19;1-3-4-2/h5-11,14-15,25H,4,12-13H2,1-3H3,(H,23,26);3-4H2,1-2H3. The summed E-state index contributed by atoms with van der Waals surface area (Å²) in [6.45, 7) is 7.78. The Labute approximate surface area is 196 Å². The Morgan fingerprint density at radius 1 is 1.09 bits per heavy atom. The van der Waals surface area contributed by atoms with Crippen molar-refractivity contribution < 1.29 is 28.9 Å². The summed E-state index contributed by atoms with van der Waals surface area (Å²) in [6.07, 6.45) is 4.74. The van der Waals surface area contributed by atoms with E-state index >= 15 is 0 Å². The summed E-state index contributed by atoms with van der Waals surface area (Å²) >= 11 is 0. The third kappa shape index (κ3) is 10.2. The summed E-state index contributed by atoms with van der Waals surface area (Å²) in [6, 6.07) is 10.9. The number of unbranched alkanes of at least 4 members (excludes halogenated alkanes) is 1. The number of pyridine rings is 1. The Morgan fingerprint density at radius 3 is 2.33 bits per heavy atom. The van der Waals surface area contributed by atoms with Crippen LogP contribution in [0.15, 0.2) is 42.6 Å². The second kappa shape index (κ2) is 15.5. The maximum absolute atomic E-state index is 12.1. The summed E-state index contributed by atoms with van der Waals surface area (Å²) in [5, 5.41) is 12.3. The molecule has 0 aliphatic carbocycles. The van der Waals surface area contributed by atoms with Crippen LogP contribution in [0.1, 0.15) is 63.9 Å².